The van der Waals surface area contributed by atoms with E-state index in [2.05, 4.69) is 10.4 Å². The van der Waals surface area contributed by atoms with Crippen molar-refractivity contribution in [2.24, 2.45) is 0 Å². The summed E-state index contributed by atoms with van der Waals surface area (Å²) >= 11 is 0. The molecule has 2 atom stereocenters. The zero-order valence-corrected chi connectivity index (χ0v) is 34.2. The zero-order valence-electron chi connectivity index (χ0n) is 32.5. The second-order valence-electron chi connectivity index (χ2n) is 13.8. The van der Waals surface area contributed by atoms with Gasteiger partial charge in [-0.15, -0.1) is 0 Å². The second kappa shape index (κ2) is 19.9. The molecule has 0 aliphatic carbocycles. The fourth-order valence-electron chi connectivity index (χ4n) is 4.52. The number of unbranched alkanes of at least 4 members (excludes halogenated alkanes) is 2. The van der Waals surface area contributed by atoms with E-state index in [0.29, 0.717) is 48.6 Å². The average molecular weight is 787 g/mol. The van der Waals surface area contributed by atoms with Crippen LogP contribution in [0.4, 0.5) is 4.79 Å². The first kappa shape index (κ1) is 45.2. The Labute approximate surface area is 313 Å². The number of alkyl carbamates (subject to hydrolysis) is 1. The number of hydrogen-bond donors (Lipinski definition) is 2. The molecule has 0 spiro atoms. The van der Waals surface area contributed by atoms with Gasteiger partial charge in [-0.2, -0.15) is 5.09 Å². The average Bonchev–Trinajstić information content (AvgIpc) is 3.04. The third-order valence-electron chi connectivity index (χ3n) is 6.87. The molecule has 2 rings (SSSR count). The van der Waals surface area contributed by atoms with E-state index in [9.17, 15) is 22.6 Å². The number of ether oxygens (including phenoxy) is 6. The van der Waals surface area contributed by atoms with E-state index < -0.39 is 52.6 Å². The molecule has 0 radical (unpaired) electrons. The first-order valence-corrected chi connectivity index (χ1v) is 20.2. The molecule has 0 fully saturated rings. The van der Waals surface area contributed by atoms with Gasteiger partial charge in [0.15, 0.2) is 21.3 Å². The van der Waals surface area contributed by atoms with E-state index in [1.165, 1.54) is 59.6 Å². The Morgan fingerprint density at radius 2 is 1.42 bits per heavy atom. The monoisotopic (exact) mass is 786 g/mol. The number of sulfone groups is 1. The highest BCUT2D eigenvalue weighted by molar-refractivity contribution is 7.93. The van der Waals surface area contributed by atoms with Gasteiger partial charge in [-0.1, -0.05) is 6.07 Å². The molecule has 2 aromatic rings. The highest BCUT2D eigenvalue weighted by Gasteiger charge is 2.34. The fourth-order valence-corrected chi connectivity index (χ4v) is 7.14. The van der Waals surface area contributed by atoms with Crippen molar-refractivity contribution in [3.8, 4) is 28.7 Å². The molecule has 0 aliphatic heterocycles. The predicted octanol–water partition coefficient (Wildman–Crippen LogP) is 6.83. The van der Waals surface area contributed by atoms with Gasteiger partial charge in [0.25, 0.3) is 0 Å². The minimum Gasteiger partial charge on any atom is -0.496 e. The van der Waals surface area contributed by atoms with Gasteiger partial charge < -0.3 is 38.3 Å². The van der Waals surface area contributed by atoms with Gasteiger partial charge in [0, 0.05) is 24.1 Å². The molecule has 2 N–H and O–H groups in total. The third kappa shape index (κ3) is 16.3. The smallest absolute Gasteiger partial charge is 0.459 e. The standard InChI is InChI=1S/C36H55N2O13PS/c1-25(33(39)49-35(2,3)4)38-52(41,48-19-14-12-13-18-37-34(40)50-36(5,6)7)51-32-21-26(15-16-29(32)45-9)24-53(42,43)20-17-28-30(46-10)22-27(44-8)23-31(28)47-11/h15-17,20-23,25H,12-14,18-19,24H2,1-11H3,(H,37,40)(H,38,41)/b20-17+. The normalized spacial score (nSPS) is 13.8. The first-order valence-electron chi connectivity index (χ1n) is 16.9. The lowest BCUT2D eigenvalue weighted by molar-refractivity contribution is -0.156. The number of esters is 1. The minimum atomic E-state index is -4.32. The van der Waals surface area contributed by atoms with Gasteiger partial charge in [-0.05, 0) is 91.5 Å². The molecule has 0 bridgehead atoms. The molecule has 1 amide bonds. The summed E-state index contributed by atoms with van der Waals surface area (Å²) in [6, 6.07) is 6.45. The summed E-state index contributed by atoms with van der Waals surface area (Å²) in [7, 11) is -2.48. The van der Waals surface area contributed by atoms with Crippen LogP contribution in [0, 0.1) is 0 Å². The number of amides is 1. The molecule has 17 heteroatoms. The van der Waals surface area contributed by atoms with Crippen LogP contribution in [0.1, 0.15) is 78.9 Å². The third-order valence-corrected chi connectivity index (χ3v) is 9.82. The number of rotatable bonds is 20. The summed E-state index contributed by atoms with van der Waals surface area (Å²) in [6.07, 6.45) is 2.45. The Balaban J connectivity index is 2.28. The van der Waals surface area contributed by atoms with Crippen LogP contribution >= 0.6 is 7.75 Å². The van der Waals surface area contributed by atoms with Crippen molar-refractivity contribution in [3.05, 3.63) is 46.9 Å². The molecule has 15 nitrogen and oxygen atoms in total. The number of carbonyl (C=O) groups is 2. The SMILES string of the molecule is COc1cc(OC)c(/C=C/S(=O)(=O)Cc2ccc(OC)c(OP(=O)(NC(C)C(=O)OC(C)(C)C)OCCCCCNC(=O)OC(C)(C)C)c2)c(OC)c1. The Morgan fingerprint density at radius 3 is 1.96 bits per heavy atom. The molecule has 298 valence electrons. The van der Waals surface area contributed by atoms with Crippen molar-refractivity contribution >= 4 is 35.7 Å². The molecule has 0 aliphatic rings. The maximum Gasteiger partial charge on any atom is 0.459 e. The summed E-state index contributed by atoms with van der Waals surface area (Å²) in [5, 5.41) is 6.35. The maximum atomic E-state index is 14.2. The minimum absolute atomic E-state index is 0.0444. The fraction of sp³-hybridized carbons (Fsp3) is 0.556. The van der Waals surface area contributed by atoms with E-state index in [1.807, 2.05) is 0 Å². The van der Waals surface area contributed by atoms with Gasteiger partial charge >= 0.3 is 19.8 Å². The molecular formula is C36H55N2O13PS. The topological polar surface area (TPSA) is 183 Å². The van der Waals surface area contributed by atoms with E-state index >= 15 is 0 Å². The van der Waals surface area contributed by atoms with E-state index in [0.717, 1.165) is 5.41 Å². The molecule has 0 saturated carbocycles. The summed E-state index contributed by atoms with van der Waals surface area (Å²) in [6.45, 7) is 12.2. The van der Waals surface area contributed by atoms with Gasteiger partial charge in [-0.3, -0.25) is 9.32 Å². The highest BCUT2D eigenvalue weighted by Crippen LogP contribution is 2.48. The van der Waals surface area contributed by atoms with Crippen molar-refractivity contribution in [1.82, 2.24) is 10.4 Å². The van der Waals surface area contributed by atoms with Gasteiger partial charge in [0.2, 0.25) is 0 Å². The molecule has 0 aromatic heterocycles. The molecule has 2 aromatic carbocycles. The maximum absolute atomic E-state index is 14.2. The number of methoxy groups -OCH3 is 4. The van der Waals surface area contributed by atoms with Gasteiger partial charge in [0.1, 0.15) is 34.5 Å². The van der Waals surface area contributed by atoms with Crippen LogP contribution in [0.2, 0.25) is 0 Å². The summed E-state index contributed by atoms with van der Waals surface area (Å²) in [5.41, 5.74) is -0.756. The second-order valence-corrected chi connectivity index (χ2v) is 17.4. The van der Waals surface area contributed by atoms with Crippen LogP contribution in [0.25, 0.3) is 6.08 Å². The summed E-state index contributed by atoms with van der Waals surface area (Å²) in [4.78, 5) is 24.7. The Kier molecular flexibility index (Phi) is 17.0. The van der Waals surface area contributed by atoms with E-state index in [-0.39, 0.29) is 23.7 Å². The molecule has 53 heavy (non-hydrogen) atoms. The van der Waals surface area contributed by atoms with Crippen LogP contribution in [0.3, 0.4) is 0 Å². The van der Waals surface area contributed by atoms with Crippen LogP contribution < -0.4 is 33.9 Å². The molecular weight excluding hydrogens is 731 g/mol. The highest BCUT2D eigenvalue weighted by atomic mass is 32.2. The predicted molar refractivity (Wildman–Crippen MR) is 201 cm³/mol. The first-order chi connectivity index (χ1) is 24.6. The van der Waals surface area contributed by atoms with Crippen molar-refractivity contribution in [2.75, 3.05) is 41.6 Å². The van der Waals surface area contributed by atoms with Crippen LogP contribution in [0.5, 0.6) is 28.7 Å². The Bertz CT molecular complexity index is 1690. The lowest BCUT2D eigenvalue weighted by Gasteiger charge is -2.26. The Hall–Kier alpha value is -3.98. The lowest BCUT2D eigenvalue weighted by Crippen LogP contribution is -2.38. The van der Waals surface area contributed by atoms with Crippen molar-refractivity contribution in [1.29, 1.82) is 0 Å². The van der Waals surface area contributed by atoms with Crippen LogP contribution in [-0.4, -0.2) is 79.3 Å². The molecule has 0 heterocycles. The number of carbonyl (C=O) groups excluding carboxylic acids is 2. The lowest BCUT2D eigenvalue weighted by atomic mass is 10.1. The van der Waals surface area contributed by atoms with Crippen molar-refractivity contribution in [3.63, 3.8) is 0 Å². The summed E-state index contributed by atoms with van der Waals surface area (Å²) in [5.74, 6) is 0.0440. The van der Waals surface area contributed by atoms with Gasteiger partial charge in [0.05, 0.1) is 46.4 Å². The molecule has 0 saturated heterocycles. The van der Waals surface area contributed by atoms with Gasteiger partial charge in [-0.25, -0.2) is 17.8 Å². The van der Waals surface area contributed by atoms with Crippen molar-refractivity contribution < 1.29 is 60.0 Å². The van der Waals surface area contributed by atoms with E-state index in [4.69, 9.17) is 37.5 Å². The number of nitrogens with one attached hydrogen (secondary N) is 2. The largest absolute Gasteiger partial charge is 0.496 e. The Morgan fingerprint density at radius 1 is 0.811 bits per heavy atom. The van der Waals surface area contributed by atoms with Crippen LogP contribution in [-0.2, 0) is 38.9 Å². The molecule has 2 unspecified atom stereocenters. The van der Waals surface area contributed by atoms with Crippen LogP contribution in [0.15, 0.2) is 35.7 Å². The van der Waals surface area contributed by atoms with E-state index in [1.54, 1.807) is 53.7 Å². The number of hydrogen-bond acceptors (Lipinski definition) is 13. The number of benzene rings is 2. The summed E-state index contributed by atoms with van der Waals surface area (Å²) < 4.78 is 84.6. The van der Waals surface area contributed by atoms with Crippen molar-refractivity contribution in [2.45, 2.75) is 90.7 Å². The quantitative estimate of drug-likeness (QED) is 0.0809. The zero-order chi connectivity index (χ0) is 40.0.